The van der Waals surface area contributed by atoms with Crippen molar-refractivity contribution in [2.24, 2.45) is 5.73 Å². The molecule has 0 fully saturated rings. The highest BCUT2D eigenvalue weighted by Crippen LogP contribution is 2.21. The molecule has 1 unspecified atom stereocenters. The maximum Gasteiger partial charge on any atom is 0.323 e. The Morgan fingerprint density at radius 3 is 2.25 bits per heavy atom. The molecule has 0 radical (unpaired) electrons. The second kappa shape index (κ2) is 13.7. The largest absolute Gasteiger partial charge is 0.497 e. The molecule has 6 heteroatoms. The second-order valence-corrected chi connectivity index (χ2v) is 9.38. The molecule has 0 aromatic heterocycles. The average Bonchev–Trinajstić information content (AvgIpc) is 2.87. The first kappa shape index (κ1) is 27.2. The van der Waals surface area contributed by atoms with Crippen LogP contribution in [-0.4, -0.2) is 57.4 Å². The van der Waals surface area contributed by atoms with Crippen LogP contribution in [0.2, 0.25) is 0 Å². The van der Waals surface area contributed by atoms with Crippen LogP contribution < -0.4 is 15.2 Å². The van der Waals surface area contributed by atoms with Crippen molar-refractivity contribution in [3.05, 3.63) is 95.1 Å². The van der Waals surface area contributed by atoms with E-state index < -0.39 is 18.1 Å². The Morgan fingerprint density at radius 2 is 1.58 bits per heavy atom. The van der Waals surface area contributed by atoms with E-state index >= 15 is 0 Å². The van der Waals surface area contributed by atoms with Crippen LogP contribution in [0.1, 0.15) is 22.3 Å². The Hall–Kier alpha value is -3.35. The van der Waals surface area contributed by atoms with Crippen LogP contribution in [0.3, 0.4) is 0 Å². The molecule has 0 aliphatic carbocycles. The number of benzene rings is 3. The third-order valence-corrected chi connectivity index (χ3v) is 5.97. The van der Waals surface area contributed by atoms with E-state index in [1.54, 1.807) is 7.11 Å². The number of nitrogens with two attached hydrogens (primary N) is 1. The number of rotatable bonds is 13. The molecule has 0 saturated carbocycles. The second-order valence-electron chi connectivity index (χ2n) is 9.38. The Bertz CT molecular complexity index is 1080. The van der Waals surface area contributed by atoms with Crippen molar-refractivity contribution < 1.29 is 19.0 Å². The van der Waals surface area contributed by atoms with Crippen LogP contribution in [0.15, 0.2) is 72.8 Å². The Labute approximate surface area is 215 Å². The topological polar surface area (TPSA) is 74.0 Å². The van der Waals surface area contributed by atoms with Crippen LogP contribution in [0.4, 0.5) is 0 Å². The maximum absolute atomic E-state index is 12.8. The van der Waals surface area contributed by atoms with Crippen molar-refractivity contribution in [1.29, 1.82) is 0 Å². The summed E-state index contributed by atoms with van der Waals surface area (Å²) in [6.45, 7) is 2.82. The minimum Gasteiger partial charge on any atom is -0.497 e. The van der Waals surface area contributed by atoms with Gasteiger partial charge in [-0.2, -0.15) is 0 Å². The summed E-state index contributed by atoms with van der Waals surface area (Å²) in [7, 11) is 5.55. The lowest BCUT2D eigenvalue weighted by molar-refractivity contribution is -0.152. The number of nitrogens with zero attached hydrogens (tertiary/aromatic N) is 1. The fraction of sp³-hybridized carbons (Fsp3) is 0.367. The van der Waals surface area contributed by atoms with Crippen LogP contribution in [0, 0.1) is 6.92 Å². The smallest absolute Gasteiger partial charge is 0.323 e. The van der Waals surface area contributed by atoms with Crippen molar-refractivity contribution in [3.63, 3.8) is 0 Å². The van der Waals surface area contributed by atoms with Crippen molar-refractivity contribution in [2.75, 3.05) is 34.4 Å². The van der Waals surface area contributed by atoms with E-state index in [0.29, 0.717) is 13.0 Å². The maximum atomic E-state index is 12.8. The third kappa shape index (κ3) is 8.70. The summed E-state index contributed by atoms with van der Waals surface area (Å²) in [5, 5.41) is 0. The predicted molar refractivity (Wildman–Crippen MR) is 144 cm³/mol. The molecule has 3 rings (SSSR count). The van der Waals surface area contributed by atoms with Crippen molar-refractivity contribution in [1.82, 2.24) is 4.90 Å². The van der Waals surface area contributed by atoms with Gasteiger partial charge in [-0.15, -0.1) is 0 Å². The molecule has 0 aliphatic rings. The minimum atomic E-state index is -0.728. The molecule has 2 N–H and O–H groups in total. The molecule has 3 aromatic rings. The molecule has 2 atom stereocenters. The molecule has 0 heterocycles. The number of para-hydroxylation sites is 1. The highest BCUT2D eigenvalue weighted by molar-refractivity contribution is 5.76. The summed E-state index contributed by atoms with van der Waals surface area (Å²) >= 11 is 0. The molecule has 0 saturated heterocycles. The summed E-state index contributed by atoms with van der Waals surface area (Å²) < 4.78 is 17.2. The molecular formula is C30H38N2O4. The first-order valence-electron chi connectivity index (χ1n) is 12.3. The Balaban J connectivity index is 1.58. The van der Waals surface area contributed by atoms with Gasteiger partial charge in [-0.25, -0.2) is 0 Å². The summed E-state index contributed by atoms with van der Waals surface area (Å²) in [6.07, 6.45) is 1.71. The van der Waals surface area contributed by atoms with Crippen LogP contribution in [0.5, 0.6) is 11.5 Å². The van der Waals surface area contributed by atoms with Gasteiger partial charge in [0.2, 0.25) is 0 Å². The number of hydrogen-bond acceptors (Lipinski definition) is 6. The SMILES string of the molecule is COc1ccc(CCc2ccccc2OCC(CN(C)C)OC(=O)[C@H](N)Cc2ccc(C)cc2)cc1. The lowest BCUT2D eigenvalue weighted by atomic mass is 10.0. The number of carbonyl (C=O) groups excluding carboxylic acids is 1. The average molecular weight is 491 g/mol. The predicted octanol–water partition coefficient (Wildman–Crippen LogP) is 4.21. The van der Waals surface area contributed by atoms with Gasteiger partial charge in [0, 0.05) is 6.54 Å². The number of esters is 1. The quantitative estimate of drug-likeness (QED) is 0.362. The zero-order chi connectivity index (χ0) is 25.9. The first-order chi connectivity index (χ1) is 17.3. The van der Waals surface area contributed by atoms with Gasteiger partial charge >= 0.3 is 5.97 Å². The number of ether oxygens (including phenoxy) is 3. The van der Waals surface area contributed by atoms with Gasteiger partial charge in [-0.3, -0.25) is 4.79 Å². The summed E-state index contributed by atoms with van der Waals surface area (Å²) in [5.41, 5.74) is 10.7. The molecule has 3 aromatic carbocycles. The number of hydrogen-bond donors (Lipinski definition) is 1. The van der Waals surface area contributed by atoms with E-state index in [2.05, 4.69) is 18.2 Å². The van der Waals surface area contributed by atoms with Crippen LogP contribution in [0.25, 0.3) is 0 Å². The normalized spacial score (nSPS) is 12.7. The highest BCUT2D eigenvalue weighted by Gasteiger charge is 2.22. The van der Waals surface area contributed by atoms with Crippen LogP contribution >= 0.6 is 0 Å². The molecule has 0 aliphatic heterocycles. The van der Waals surface area contributed by atoms with E-state index in [-0.39, 0.29) is 6.61 Å². The van der Waals surface area contributed by atoms with Gasteiger partial charge in [0.1, 0.15) is 30.3 Å². The monoisotopic (exact) mass is 490 g/mol. The zero-order valence-corrected chi connectivity index (χ0v) is 21.8. The number of carbonyl (C=O) groups is 1. The van der Waals surface area contributed by atoms with Crippen molar-refractivity contribution in [3.8, 4) is 11.5 Å². The van der Waals surface area contributed by atoms with Crippen molar-refractivity contribution in [2.45, 2.75) is 38.3 Å². The fourth-order valence-electron chi connectivity index (χ4n) is 3.95. The third-order valence-electron chi connectivity index (χ3n) is 5.97. The molecule has 192 valence electrons. The fourth-order valence-corrected chi connectivity index (χ4v) is 3.95. The molecule has 36 heavy (non-hydrogen) atoms. The van der Waals surface area contributed by atoms with Gasteiger partial charge < -0.3 is 24.8 Å². The molecular weight excluding hydrogens is 452 g/mol. The zero-order valence-electron chi connectivity index (χ0n) is 21.8. The van der Waals surface area contributed by atoms with E-state index in [9.17, 15) is 4.79 Å². The van der Waals surface area contributed by atoms with Crippen LogP contribution in [-0.2, 0) is 28.8 Å². The first-order valence-corrected chi connectivity index (χ1v) is 12.3. The summed E-state index contributed by atoms with van der Waals surface area (Å²) in [4.78, 5) is 14.7. The highest BCUT2D eigenvalue weighted by atomic mass is 16.6. The van der Waals surface area contributed by atoms with Gasteiger partial charge in [0.05, 0.1) is 7.11 Å². The molecule has 0 bridgehead atoms. The van der Waals surface area contributed by atoms with E-state index in [4.69, 9.17) is 19.9 Å². The van der Waals surface area contributed by atoms with E-state index in [1.165, 1.54) is 11.1 Å². The summed E-state index contributed by atoms with van der Waals surface area (Å²) in [5.74, 6) is 1.23. The van der Waals surface area contributed by atoms with Gasteiger partial charge in [0.15, 0.2) is 0 Å². The Morgan fingerprint density at radius 1 is 0.917 bits per heavy atom. The number of likely N-dealkylation sites (N-methyl/N-ethyl adjacent to an activating group) is 1. The summed E-state index contributed by atoms with van der Waals surface area (Å²) in [6, 6.07) is 23.4. The molecule has 0 amide bonds. The van der Waals surface area contributed by atoms with Gasteiger partial charge in [-0.05, 0) is 75.2 Å². The van der Waals surface area contributed by atoms with E-state index in [1.807, 2.05) is 80.5 Å². The van der Waals surface area contributed by atoms with Crippen molar-refractivity contribution >= 4 is 5.97 Å². The molecule has 6 nitrogen and oxygen atoms in total. The standard InChI is InChI=1S/C30H38N2O4/c1-22-9-11-24(12-10-22)19-28(31)30(33)36-27(20-32(2)3)21-35-29-8-6-5-7-25(29)16-13-23-14-17-26(34-4)18-15-23/h5-12,14-15,17-18,27-28H,13,16,19-21,31H2,1-4H3/t27?,28-/m1/s1. The number of methoxy groups -OCH3 is 1. The Kier molecular flexibility index (Phi) is 10.3. The van der Waals surface area contributed by atoms with Gasteiger partial charge in [0.25, 0.3) is 0 Å². The lowest BCUT2D eigenvalue weighted by Crippen LogP contribution is -2.41. The van der Waals surface area contributed by atoms with Gasteiger partial charge in [-0.1, -0.05) is 60.2 Å². The number of aryl methyl sites for hydroxylation is 3. The van der Waals surface area contributed by atoms with E-state index in [0.717, 1.165) is 35.5 Å². The molecule has 0 spiro atoms. The lowest BCUT2D eigenvalue weighted by Gasteiger charge is -2.24. The minimum absolute atomic E-state index is 0.251.